The molecule has 2 aromatic heterocycles. The average molecular weight is 222 g/mol. The van der Waals surface area contributed by atoms with Crippen molar-refractivity contribution in [1.29, 1.82) is 0 Å². The van der Waals surface area contributed by atoms with E-state index in [2.05, 4.69) is 5.10 Å². The molecule has 0 saturated carbocycles. The van der Waals surface area contributed by atoms with Crippen molar-refractivity contribution < 1.29 is 14.3 Å². The smallest absolute Gasteiger partial charge is 0.163 e. The highest BCUT2D eigenvalue weighted by Crippen LogP contribution is 2.34. The van der Waals surface area contributed by atoms with Crippen LogP contribution in [0, 0.1) is 0 Å². The summed E-state index contributed by atoms with van der Waals surface area (Å²) >= 11 is 0. The van der Waals surface area contributed by atoms with Gasteiger partial charge in [-0.1, -0.05) is 0 Å². The lowest BCUT2D eigenvalue weighted by Gasteiger charge is -2.23. The summed E-state index contributed by atoms with van der Waals surface area (Å²) in [5, 5.41) is 14.6. The van der Waals surface area contributed by atoms with Gasteiger partial charge in [-0.3, -0.25) is 4.68 Å². The van der Waals surface area contributed by atoms with Crippen LogP contribution >= 0.6 is 0 Å². The molecule has 1 unspecified atom stereocenters. The summed E-state index contributed by atoms with van der Waals surface area (Å²) in [5.41, 5.74) is 0.0645. The second kappa shape index (κ2) is 3.68. The number of nitrogens with zero attached hydrogens (tertiary/aromatic N) is 2. The first-order valence-corrected chi connectivity index (χ1v) is 4.89. The largest absolute Gasteiger partial charge is 0.493 e. The first kappa shape index (κ1) is 10.8. The number of hydrogen-bond acceptors (Lipinski definition) is 4. The van der Waals surface area contributed by atoms with Crippen LogP contribution in [0.5, 0.6) is 5.75 Å². The Hall–Kier alpha value is -1.75. The molecule has 0 bridgehead atoms. The monoisotopic (exact) mass is 222 g/mol. The SMILES string of the molecule is COc1cnn(C)c1C(C)(O)c1ccoc1. The van der Waals surface area contributed by atoms with Crippen molar-refractivity contribution in [1.82, 2.24) is 9.78 Å². The molecule has 0 radical (unpaired) electrons. The molecule has 2 heterocycles. The van der Waals surface area contributed by atoms with Crippen LogP contribution in [0.1, 0.15) is 18.2 Å². The number of hydrogen-bond donors (Lipinski definition) is 1. The van der Waals surface area contributed by atoms with Crippen LogP contribution in [0.3, 0.4) is 0 Å². The molecular formula is C11H14N2O3. The van der Waals surface area contributed by atoms with Gasteiger partial charge in [-0.25, -0.2) is 0 Å². The lowest BCUT2D eigenvalue weighted by Crippen LogP contribution is -2.26. The Kier molecular flexibility index (Phi) is 2.47. The Morgan fingerprint density at radius 3 is 2.88 bits per heavy atom. The third-order valence-corrected chi connectivity index (χ3v) is 2.67. The second-order valence-corrected chi connectivity index (χ2v) is 3.77. The highest BCUT2D eigenvalue weighted by molar-refractivity contribution is 5.37. The zero-order valence-corrected chi connectivity index (χ0v) is 9.47. The maximum Gasteiger partial charge on any atom is 0.163 e. The van der Waals surface area contributed by atoms with E-state index in [0.29, 0.717) is 17.0 Å². The maximum absolute atomic E-state index is 10.5. The van der Waals surface area contributed by atoms with Crippen molar-refractivity contribution in [2.24, 2.45) is 7.05 Å². The van der Waals surface area contributed by atoms with Gasteiger partial charge in [0.1, 0.15) is 11.3 Å². The standard InChI is InChI=1S/C11H14N2O3/c1-11(14,8-4-5-16-7-8)10-9(15-3)6-12-13(10)2/h4-7,14H,1-3H3. The molecule has 16 heavy (non-hydrogen) atoms. The fraction of sp³-hybridized carbons (Fsp3) is 0.364. The van der Waals surface area contributed by atoms with Gasteiger partial charge in [0.25, 0.3) is 0 Å². The van der Waals surface area contributed by atoms with Crippen molar-refractivity contribution in [3.8, 4) is 5.75 Å². The minimum Gasteiger partial charge on any atom is -0.493 e. The Balaban J connectivity index is 2.54. The number of aryl methyl sites for hydroxylation is 1. The summed E-state index contributed by atoms with van der Waals surface area (Å²) in [7, 11) is 3.30. The van der Waals surface area contributed by atoms with Crippen molar-refractivity contribution in [2.45, 2.75) is 12.5 Å². The van der Waals surface area contributed by atoms with Gasteiger partial charge in [-0.15, -0.1) is 0 Å². The molecule has 2 aromatic rings. The van der Waals surface area contributed by atoms with E-state index in [1.54, 1.807) is 38.0 Å². The van der Waals surface area contributed by atoms with Gasteiger partial charge in [0.2, 0.25) is 0 Å². The maximum atomic E-state index is 10.5. The molecule has 5 heteroatoms. The predicted molar refractivity (Wildman–Crippen MR) is 57.1 cm³/mol. The molecular weight excluding hydrogens is 208 g/mol. The summed E-state index contributed by atoms with van der Waals surface area (Å²) in [4.78, 5) is 0. The van der Waals surface area contributed by atoms with Gasteiger partial charge < -0.3 is 14.3 Å². The molecule has 0 aliphatic rings. The molecule has 0 amide bonds. The number of methoxy groups -OCH3 is 1. The van der Waals surface area contributed by atoms with Gasteiger partial charge in [0.05, 0.1) is 25.8 Å². The molecule has 0 fully saturated rings. The van der Waals surface area contributed by atoms with Crippen LogP contribution < -0.4 is 4.74 Å². The van der Waals surface area contributed by atoms with E-state index < -0.39 is 5.60 Å². The molecule has 5 nitrogen and oxygen atoms in total. The van der Waals surface area contributed by atoms with E-state index in [4.69, 9.17) is 9.15 Å². The normalized spacial score (nSPS) is 14.8. The van der Waals surface area contributed by atoms with E-state index in [-0.39, 0.29) is 0 Å². The first-order valence-electron chi connectivity index (χ1n) is 4.89. The van der Waals surface area contributed by atoms with Crippen LogP contribution in [0.15, 0.2) is 29.2 Å². The van der Waals surface area contributed by atoms with Gasteiger partial charge in [0, 0.05) is 12.6 Å². The quantitative estimate of drug-likeness (QED) is 0.849. The fourth-order valence-corrected chi connectivity index (χ4v) is 1.80. The lowest BCUT2D eigenvalue weighted by atomic mass is 9.94. The van der Waals surface area contributed by atoms with Crippen LogP contribution in [0.25, 0.3) is 0 Å². The van der Waals surface area contributed by atoms with E-state index in [1.807, 2.05) is 0 Å². The summed E-state index contributed by atoms with van der Waals surface area (Å²) in [6.45, 7) is 1.68. The Morgan fingerprint density at radius 2 is 2.31 bits per heavy atom. The molecule has 2 rings (SSSR count). The molecule has 0 aliphatic heterocycles. The Bertz CT molecular complexity index is 471. The summed E-state index contributed by atoms with van der Waals surface area (Å²) in [5.74, 6) is 0.550. The molecule has 0 aromatic carbocycles. The summed E-state index contributed by atoms with van der Waals surface area (Å²) in [6.07, 6.45) is 4.60. The zero-order chi connectivity index (χ0) is 11.8. The third-order valence-electron chi connectivity index (χ3n) is 2.67. The number of ether oxygens (including phenoxy) is 1. The summed E-state index contributed by atoms with van der Waals surface area (Å²) < 4.78 is 11.7. The number of furan rings is 1. The van der Waals surface area contributed by atoms with Gasteiger partial charge in [0.15, 0.2) is 5.75 Å². The van der Waals surface area contributed by atoms with E-state index in [1.165, 1.54) is 12.5 Å². The van der Waals surface area contributed by atoms with Crippen molar-refractivity contribution in [3.05, 3.63) is 36.0 Å². The number of aromatic nitrogens is 2. The van der Waals surface area contributed by atoms with Crippen LogP contribution in [0.4, 0.5) is 0 Å². The minimum absolute atomic E-state index is 0.550. The van der Waals surface area contributed by atoms with E-state index in [0.717, 1.165) is 0 Å². The van der Waals surface area contributed by atoms with Crippen LogP contribution in [-0.4, -0.2) is 22.0 Å². The molecule has 1 atom stereocenters. The highest BCUT2D eigenvalue weighted by atomic mass is 16.5. The molecule has 0 aliphatic carbocycles. The van der Waals surface area contributed by atoms with Crippen molar-refractivity contribution in [3.63, 3.8) is 0 Å². The fourth-order valence-electron chi connectivity index (χ4n) is 1.80. The molecule has 0 spiro atoms. The van der Waals surface area contributed by atoms with Gasteiger partial charge >= 0.3 is 0 Å². The third kappa shape index (κ3) is 1.49. The average Bonchev–Trinajstić information content (AvgIpc) is 2.85. The molecule has 86 valence electrons. The first-order chi connectivity index (χ1) is 7.57. The van der Waals surface area contributed by atoms with Gasteiger partial charge in [-0.05, 0) is 13.0 Å². The zero-order valence-electron chi connectivity index (χ0n) is 9.47. The van der Waals surface area contributed by atoms with Crippen LogP contribution in [0.2, 0.25) is 0 Å². The second-order valence-electron chi connectivity index (χ2n) is 3.77. The molecule has 0 saturated heterocycles. The lowest BCUT2D eigenvalue weighted by molar-refractivity contribution is 0.0890. The predicted octanol–water partition coefficient (Wildman–Crippen LogP) is 1.28. The minimum atomic E-state index is -1.19. The molecule has 1 N–H and O–H groups in total. The van der Waals surface area contributed by atoms with Crippen molar-refractivity contribution in [2.75, 3.05) is 7.11 Å². The van der Waals surface area contributed by atoms with E-state index in [9.17, 15) is 5.11 Å². The summed E-state index contributed by atoms with van der Waals surface area (Å²) in [6, 6.07) is 1.71. The van der Waals surface area contributed by atoms with E-state index >= 15 is 0 Å². The number of aliphatic hydroxyl groups is 1. The van der Waals surface area contributed by atoms with Crippen molar-refractivity contribution >= 4 is 0 Å². The highest BCUT2D eigenvalue weighted by Gasteiger charge is 2.33. The Labute approximate surface area is 93.3 Å². The number of rotatable bonds is 3. The topological polar surface area (TPSA) is 60.4 Å². The van der Waals surface area contributed by atoms with Crippen LogP contribution in [-0.2, 0) is 12.6 Å². The Morgan fingerprint density at radius 1 is 1.56 bits per heavy atom. The van der Waals surface area contributed by atoms with Gasteiger partial charge in [-0.2, -0.15) is 5.10 Å².